The Bertz CT molecular complexity index is 1340. The molecule has 1 saturated heterocycles. The van der Waals surface area contributed by atoms with E-state index in [1.165, 1.54) is 0 Å². The summed E-state index contributed by atoms with van der Waals surface area (Å²) in [5.74, 6) is 2.51. The Morgan fingerprint density at radius 3 is 2.17 bits per heavy atom. The predicted octanol–water partition coefficient (Wildman–Crippen LogP) is 5.78. The molecule has 1 aromatic heterocycles. The van der Waals surface area contributed by atoms with Gasteiger partial charge in [-0.25, -0.2) is 0 Å². The van der Waals surface area contributed by atoms with Crippen LogP contribution in [0.3, 0.4) is 0 Å². The molecule has 5 rings (SSSR count). The third-order valence-electron chi connectivity index (χ3n) is 6.14. The smallest absolute Gasteiger partial charge is 0.235 e. The van der Waals surface area contributed by atoms with Crippen molar-refractivity contribution in [2.24, 2.45) is 0 Å². The number of nitrogens with zero attached hydrogens (tertiary/aromatic N) is 4. The van der Waals surface area contributed by atoms with Crippen LogP contribution < -0.4 is 19.3 Å². The van der Waals surface area contributed by atoms with Crippen molar-refractivity contribution in [1.29, 1.82) is 5.26 Å². The van der Waals surface area contributed by atoms with E-state index in [2.05, 4.69) is 33.0 Å². The number of aromatic nitrogens is 1. The SMILES string of the molecule is COc1ccc(N2CCN(c3oc(-c4ccc(OCc5ccc(Cl)cc5)cc4)nc3C#N)CC2)cc1. The molecular weight excluding hydrogens is 476 g/mol. The number of piperazine rings is 1. The molecule has 0 saturated carbocycles. The normalized spacial score (nSPS) is 13.4. The quantitative estimate of drug-likeness (QED) is 0.318. The van der Waals surface area contributed by atoms with Gasteiger partial charge in [-0.2, -0.15) is 10.2 Å². The van der Waals surface area contributed by atoms with Crippen molar-refractivity contribution in [2.45, 2.75) is 6.61 Å². The Balaban J connectivity index is 1.23. The summed E-state index contributed by atoms with van der Waals surface area (Å²) >= 11 is 5.93. The molecule has 8 heteroatoms. The van der Waals surface area contributed by atoms with Crippen molar-refractivity contribution in [3.8, 4) is 29.0 Å². The van der Waals surface area contributed by atoms with E-state index in [9.17, 15) is 5.26 Å². The highest BCUT2D eigenvalue weighted by atomic mass is 35.5. The Kier molecular flexibility index (Phi) is 6.96. The molecule has 0 aliphatic carbocycles. The van der Waals surface area contributed by atoms with Crippen LogP contribution in [0.5, 0.6) is 11.5 Å². The minimum absolute atomic E-state index is 0.297. The van der Waals surface area contributed by atoms with Gasteiger partial charge in [0.1, 0.15) is 24.2 Å². The average Bonchev–Trinajstić information content (AvgIpc) is 3.38. The molecule has 7 nitrogen and oxygen atoms in total. The Labute approximate surface area is 215 Å². The number of oxazole rings is 1. The molecule has 1 aliphatic rings. The zero-order chi connectivity index (χ0) is 24.9. The summed E-state index contributed by atoms with van der Waals surface area (Å²) in [5, 5.41) is 10.4. The van der Waals surface area contributed by atoms with E-state index in [4.69, 9.17) is 25.5 Å². The van der Waals surface area contributed by atoms with Crippen LogP contribution in [0.25, 0.3) is 11.5 Å². The van der Waals surface area contributed by atoms with Gasteiger partial charge in [0.2, 0.25) is 17.5 Å². The standard InChI is InChI=1S/C28H25ClN4O3/c1-34-24-12-8-23(9-13-24)32-14-16-33(17-15-32)28-26(18-30)31-27(36-28)21-4-10-25(11-5-21)35-19-20-2-6-22(29)7-3-20/h2-13H,14-17,19H2,1H3. The predicted molar refractivity (Wildman–Crippen MR) is 140 cm³/mol. The van der Waals surface area contributed by atoms with Gasteiger partial charge in [0.15, 0.2) is 0 Å². The molecule has 182 valence electrons. The zero-order valence-electron chi connectivity index (χ0n) is 19.9. The molecule has 0 unspecified atom stereocenters. The number of methoxy groups -OCH3 is 1. The van der Waals surface area contributed by atoms with Gasteiger partial charge in [0, 0.05) is 42.5 Å². The topological polar surface area (TPSA) is 74.8 Å². The summed E-state index contributed by atoms with van der Waals surface area (Å²) in [6.07, 6.45) is 0. The fraction of sp³-hybridized carbons (Fsp3) is 0.214. The summed E-state index contributed by atoms with van der Waals surface area (Å²) in [6, 6.07) is 25.3. The maximum atomic E-state index is 9.68. The van der Waals surface area contributed by atoms with Gasteiger partial charge in [-0.3, -0.25) is 0 Å². The van der Waals surface area contributed by atoms with Crippen molar-refractivity contribution >= 4 is 23.2 Å². The van der Waals surface area contributed by atoms with Crippen LogP contribution in [0.2, 0.25) is 5.02 Å². The maximum Gasteiger partial charge on any atom is 0.235 e. The molecule has 0 atom stereocenters. The highest BCUT2D eigenvalue weighted by Gasteiger charge is 2.25. The largest absolute Gasteiger partial charge is 0.497 e. The van der Waals surface area contributed by atoms with E-state index >= 15 is 0 Å². The van der Waals surface area contributed by atoms with E-state index in [1.807, 2.05) is 60.7 Å². The fourth-order valence-corrected chi connectivity index (χ4v) is 4.25. The molecule has 4 aromatic rings. The molecule has 3 aromatic carbocycles. The molecule has 1 fully saturated rings. The lowest BCUT2D eigenvalue weighted by molar-refractivity contribution is 0.306. The number of ether oxygens (including phenoxy) is 2. The van der Waals surface area contributed by atoms with E-state index < -0.39 is 0 Å². The van der Waals surface area contributed by atoms with Gasteiger partial charge >= 0.3 is 0 Å². The Hall–Kier alpha value is -4.15. The summed E-state index contributed by atoms with van der Waals surface area (Å²) in [6.45, 7) is 3.53. The van der Waals surface area contributed by atoms with Crippen LogP contribution in [0.1, 0.15) is 11.3 Å². The van der Waals surface area contributed by atoms with Crippen LogP contribution in [-0.4, -0.2) is 38.3 Å². The summed E-state index contributed by atoms with van der Waals surface area (Å²) in [7, 11) is 1.66. The minimum Gasteiger partial charge on any atom is -0.497 e. The third kappa shape index (κ3) is 5.24. The van der Waals surface area contributed by atoms with Gasteiger partial charge in [-0.1, -0.05) is 23.7 Å². The van der Waals surface area contributed by atoms with Crippen LogP contribution >= 0.6 is 11.6 Å². The van der Waals surface area contributed by atoms with E-state index in [-0.39, 0.29) is 0 Å². The lowest BCUT2D eigenvalue weighted by Gasteiger charge is -2.35. The number of benzene rings is 3. The molecule has 0 amide bonds. The highest BCUT2D eigenvalue weighted by Crippen LogP contribution is 2.31. The lowest BCUT2D eigenvalue weighted by Crippen LogP contribution is -2.46. The molecule has 0 radical (unpaired) electrons. The maximum absolute atomic E-state index is 9.68. The summed E-state index contributed by atoms with van der Waals surface area (Å²) < 4.78 is 17.2. The Morgan fingerprint density at radius 2 is 1.53 bits per heavy atom. The summed E-state index contributed by atoms with van der Waals surface area (Å²) in [5.41, 5.74) is 3.26. The molecule has 1 aliphatic heterocycles. The fourth-order valence-electron chi connectivity index (χ4n) is 4.12. The van der Waals surface area contributed by atoms with Crippen LogP contribution in [0.4, 0.5) is 11.6 Å². The lowest BCUT2D eigenvalue weighted by atomic mass is 10.2. The molecular formula is C28H25ClN4O3. The van der Waals surface area contributed by atoms with Crippen molar-refractivity contribution in [3.05, 3.63) is 89.1 Å². The monoisotopic (exact) mass is 500 g/mol. The first-order chi connectivity index (χ1) is 17.6. The molecule has 0 N–H and O–H groups in total. The van der Waals surface area contributed by atoms with Gasteiger partial charge in [0.25, 0.3) is 0 Å². The van der Waals surface area contributed by atoms with Gasteiger partial charge in [0.05, 0.1) is 7.11 Å². The van der Waals surface area contributed by atoms with Crippen molar-refractivity contribution in [2.75, 3.05) is 43.1 Å². The van der Waals surface area contributed by atoms with Gasteiger partial charge in [-0.15, -0.1) is 0 Å². The van der Waals surface area contributed by atoms with Crippen LogP contribution in [0.15, 0.2) is 77.2 Å². The van der Waals surface area contributed by atoms with Crippen molar-refractivity contribution in [1.82, 2.24) is 4.98 Å². The number of nitriles is 1. The number of hydrogen-bond donors (Lipinski definition) is 0. The Morgan fingerprint density at radius 1 is 0.889 bits per heavy atom. The number of rotatable bonds is 7. The van der Waals surface area contributed by atoms with Crippen molar-refractivity contribution in [3.63, 3.8) is 0 Å². The third-order valence-corrected chi connectivity index (χ3v) is 6.39. The first-order valence-corrected chi connectivity index (χ1v) is 12.0. The van der Waals surface area contributed by atoms with Crippen LogP contribution in [0, 0.1) is 11.3 Å². The first-order valence-electron chi connectivity index (χ1n) is 11.7. The van der Waals surface area contributed by atoms with Crippen LogP contribution in [-0.2, 0) is 6.61 Å². The van der Waals surface area contributed by atoms with E-state index in [0.717, 1.165) is 54.5 Å². The molecule has 36 heavy (non-hydrogen) atoms. The number of hydrogen-bond acceptors (Lipinski definition) is 7. The average molecular weight is 501 g/mol. The molecule has 0 bridgehead atoms. The highest BCUT2D eigenvalue weighted by molar-refractivity contribution is 6.30. The second kappa shape index (κ2) is 10.6. The number of anilines is 2. The molecule has 0 spiro atoms. The zero-order valence-corrected chi connectivity index (χ0v) is 20.6. The van der Waals surface area contributed by atoms with Gasteiger partial charge < -0.3 is 23.7 Å². The second-order valence-corrected chi connectivity index (χ2v) is 8.83. The first kappa shape index (κ1) is 23.6. The summed E-state index contributed by atoms with van der Waals surface area (Å²) in [4.78, 5) is 8.84. The van der Waals surface area contributed by atoms with Crippen molar-refractivity contribution < 1.29 is 13.9 Å². The minimum atomic E-state index is 0.297. The van der Waals surface area contributed by atoms with E-state index in [0.29, 0.717) is 29.1 Å². The number of halogens is 1. The van der Waals surface area contributed by atoms with E-state index in [1.54, 1.807) is 7.11 Å². The second-order valence-electron chi connectivity index (χ2n) is 8.40. The van der Waals surface area contributed by atoms with Gasteiger partial charge in [-0.05, 0) is 66.2 Å². The molecule has 2 heterocycles.